The molecule has 0 radical (unpaired) electrons. The Bertz CT molecular complexity index is 912. The molecule has 2 aromatic carbocycles. The molecule has 0 saturated heterocycles. The maximum atomic E-state index is 12.6. The first kappa shape index (κ1) is 20.7. The summed E-state index contributed by atoms with van der Waals surface area (Å²) >= 11 is 0. The van der Waals surface area contributed by atoms with E-state index in [1.54, 1.807) is 14.2 Å². The Morgan fingerprint density at radius 1 is 1.17 bits per heavy atom. The molecule has 0 aliphatic carbocycles. The number of carboxylic acid groups (broad SMARTS) is 1. The van der Waals surface area contributed by atoms with Gasteiger partial charge in [0.15, 0.2) is 11.5 Å². The van der Waals surface area contributed by atoms with Crippen LogP contribution in [0.1, 0.15) is 29.2 Å². The summed E-state index contributed by atoms with van der Waals surface area (Å²) < 4.78 is 10.8. The molecule has 0 aromatic heterocycles. The summed E-state index contributed by atoms with van der Waals surface area (Å²) in [6.07, 6.45) is 0.601. The third-order valence-electron chi connectivity index (χ3n) is 5.13. The summed E-state index contributed by atoms with van der Waals surface area (Å²) in [7, 11) is 3.12. The van der Waals surface area contributed by atoms with Crippen molar-refractivity contribution in [2.24, 2.45) is 0 Å². The Morgan fingerprint density at radius 3 is 2.55 bits per heavy atom. The van der Waals surface area contributed by atoms with Crippen LogP contribution in [-0.4, -0.2) is 49.2 Å². The van der Waals surface area contributed by atoms with Gasteiger partial charge in [-0.25, -0.2) is 0 Å². The van der Waals surface area contributed by atoms with Crippen LogP contribution in [0.2, 0.25) is 0 Å². The maximum Gasteiger partial charge on any atom is 0.305 e. The molecule has 7 nitrogen and oxygen atoms in total. The number of carboxylic acids is 1. The van der Waals surface area contributed by atoms with Gasteiger partial charge in [-0.2, -0.15) is 0 Å². The number of nitrogens with one attached hydrogen (secondary N) is 1. The van der Waals surface area contributed by atoms with Crippen molar-refractivity contribution in [2.75, 3.05) is 32.6 Å². The van der Waals surface area contributed by atoms with Crippen LogP contribution in [0.5, 0.6) is 11.5 Å². The quantitative estimate of drug-likeness (QED) is 0.745. The van der Waals surface area contributed by atoms with Gasteiger partial charge in [-0.05, 0) is 54.3 Å². The Balaban J connectivity index is 1.83. The van der Waals surface area contributed by atoms with Gasteiger partial charge in [0.2, 0.25) is 5.91 Å². The molecule has 0 fully saturated rings. The summed E-state index contributed by atoms with van der Waals surface area (Å²) in [6.45, 7) is 2.66. The van der Waals surface area contributed by atoms with Gasteiger partial charge >= 0.3 is 5.97 Å². The largest absolute Gasteiger partial charge is 0.493 e. The maximum absolute atomic E-state index is 12.6. The molecule has 1 heterocycles. The van der Waals surface area contributed by atoms with E-state index < -0.39 is 12.0 Å². The predicted octanol–water partition coefficient (Wildman–Crippen LogP) is 3.02. The van der Waals surface area contributed by atoms with E-state index in [-0.39, 0.29) is 18.9 Å². The number of carbonyl (C=O) groups is 2. The lowest BCUT2D eigenvalue weighted by molar-refractivity contribution is -0.139. The molecule has 7 heteroatoms. The minimum Gasteiger partial charge on any atom is -0.493 e. The van der Waals surface area contributed by atoms with Gasteiger partial charge in [0, 0.05) is 18.3 Å². The van der Waals surface area contributed by atoms with Crippen molar-refractivity contribution in [2.45, 2.75) is 25.8 Å². The first-order valence-electron chi connectivity index (χ1n) is 9.48. The van der Waals surface area contributed by atoms with E-state index in [1.807, 2.05) is 48.2 Å². The molecule has 0 saturated carbocycles. The Kier molecular flexibility index (Phi) is 6.39. The summed E-state index contributed by atoms with van der Waals surface area (Å²) in [5, 5.41) is 12.3. The molecule has 2 N–H and O–H groups in total. The third kappa shape index (κ3) is 4.86. The number of nitrogens with zero attached hydrogens (tertiary/aromatic N) is 1. The van der Waals surface area contributed by atoms with Crippen LogP contribution in [0, 0.1) is 6.92 Å². The van der Waals surface area contributed by atoms with Crippen LogP contribution >= 0.6 is 0 Å². The Morgan fingerprint density at radius 2 is 1.90 bits per heavy atom. The standard InChI is InChI=1S/C22H26N2O5/c1-14-5-4-6-16(9-14)23-21(25)13-24-8-7-15-10-19(28-2)20(29-3)11-17(15)18(24)12-22(26)27/h4-6,9-11,18H,7-8,12-13H2,1-3H3,(H,23,25)(H,26,27)/t18-/m0/s1. The van der Waals surface area contributed by atoms with Crippen molar-refractivity contribution in [1.29, 1.82) is 0 Å². The summed E-state index contributed by atoms with van der Waals surface area (Å²) in [5.41, 5.74) is 3.66. The number of aliphatic carboxylic acids is 1. The molecule has 3 rings (SSSR count). The molecule has 2 aromatic rings. The Labute approximate surface area is 170 Å². The molecule has 0 bridgehead atoms. The summed E-state index contributed by atoms with van der Waals surface area (Å²) in [5.74, 6) is 0.0790. The van der Waals surface area contributed by atoms with Crippen LogP contribution in [0.15, 0.2) is 36.4 Å². The fraction of sp³-hybridized carbons (Fsp3) is 0.364. The number of anilines is 1. The summed E-state index contributed by atoms with van der Waals surface area (Å²) in [4.78, 5) is 26.1. The number of benzene rings is 2. The fourth-order valence-corrected chi connectivity index (χ4v) is 3.78. The molecular formula is C22H26N2O5. The van der Waals surface area contributed by atoms with Gasteiger partial charge in [-0.1, -0.05) is 12.1 Å². The molecule has 0 spiro atoms. The van der Waals surface area contributed by atoms with Crippen molar-refractivity contribution in [3.05, 3.63) is 53.1 Å². The van der Waals surface area contributed by atoms with Crippen molar-refractivity contribution >= 4 is 17.6 Å². The highest BCUT2D eigenvalue weighted by molar-refractivity contribution is 5.92. The van der Waals surface area contributed by atoms with E-state index in [4.69, 9.17) is 9.47 Å². The molecule has 29 heavy (non-hydrogen) atoms. The van der Waals surface area contributed by atoms with Crippen LogP contribution in [0.3, 0.4) is 0 Å². The predicted molar refractivity (Wildman–Crippen MR) is 110 cm³/mol. The van der Waals surface area contributed by atoms with E-state index in [2.05, 4.69) is 5.32 Å². The zero-order valence-corrected chi connectivity index (χ0v) is 16.9. The van der Waals surface area contributed by atoms with E-state index in [0.717, 1.165) is 22.4 Å². The van der Waals surface area contributed by atoms with Gasteiger partial charge in [-0.15, -0.1) is 0 Å². The lowest BCUT2D eigenvalue weighted by Gasteiger charge is -2.36. The van der Waals surface area contributed by atoms with Gasteiger partial charge in [0.05, 0.1) is 27.2 Å². The van der Waals surface area contributed by atoms with Crippen molar-refractivity contribution in [1.82, 2.24) is 4.90 Å². The molecule has 154 valence electrons. The second-order valence-electron chi connectivity index (χ2n) is 7.16. The first-order valence-corrected chi connectivity index (χ1v) is 9.48. The van der Waals surface area contributed by atoms with Gasteiger partial charge < -0.3 is 19.9 Å². The number of fused-ring (bicyclic) bond motifs is 1. The molecule has 0 unspecified atom stereocenters. The Hall–Kier alpha value is -3.06. The van der Waals surface area contributed by atoms with Gasteiger partial charge in [0.1, 0.15) is 0 Å². The van der Waals surface area contributed by atoms with Crippen LogP contribution in [0.25, 0.3) is 0 Å². The highest BCUT2D eigenvalue weighted by atomic mass is 16.5. The van der Waals surface area contributed by atoms with Crippen LogP contribution in [-0.2, 0) is 16.0 Å². The summed E-state index contributed by atoms with van der Waals surface area (Å²) in [6, 6.07) is 10.9. The molecule has 1 aliphatic heterocycles. The van der Waals surface area contributed by atoms with Crippen molar-refractivity contribution < 1.29 is 24.2 Å². The molecular weight excluding hydrogens is 372 g/mol. The number of rotatable bonds is 7. The zero-order valence-electron chi connectivity index (χ0n) is 16.9. The monoisotopic (exact) mass is 398 g/mol. The lowest BCUT2D eigenvalue weighted by Crippen LogP contribution is -2.41. The van der Waals surface area contributed by atoms with E-state index in [0.29, 0.717) is 24.5 Å². The van der Waals surface area contributed by atoms with E-state index >= 15 is 0 Å². The molecule has 1 amide bonds. The average Bonchev–Trinajstić information content (AvgIpc) is 2.68. The number of hydrogen-bond acceptors (Lipinski definition) is 5. The normalized spacial score (nSPS) is 16.0. The number of hydrogen-bond donors (Lipinski definition) is 2. The minimum atomic E-state index is -0.915. The second-order valence-corrected chi connectivity index (χ2v) is 7.16. The average molecular weight is 398 g/mol. The highest BCUT2D eigenvalue weighted by Crippen LogP contribution is 2.39. The van der Waals surface area contributed by atoms with Crippen molar-refractivity contribution in [3.8, 4) is 11.5 Å². The highest BCUT2D eigenvalue weighted by Gasteiger charge is 2.32. The second kappa shape index (κ2) is 8.96. The number of amides is 1. The van der Waals surface area contributed by atoms with Crippen LogP contribution in [0.4, 0.5) is 5.69 Å². The van der Waals surface area contributed by atoms with Crippen molar-refractivity contribution in [3.63, 3.8) is 0 Å². The number of aryl methyl sites for hydroxylation is 1. The van der Waals surface area contributed by atoms with Crippen LogP contribution < -0.4 is 14.8 Å². The number of ether oxygens (including phenoxy) is 2. The molecule has 1 aliphatic rings. The first-order chi connectivity index (χ1) is 13.9. The SMILES string of the molecule is COc1cc2c(cc1OC)[C@H](CC(=O)O)N(CC(=O)Nc1cccc(C)c1)CC2. The van der Waals surface area contributed by atoms with Gasteiger partial charge in [-0.3, -0.25) is 14.5 Å². The molecule has 1 atom stereocenters. The van der Waals surface area contributed by atoms with E-state index in [9.17, 15) is 14.7 Å². The zero-order chi connectivity index (χ0) is 21.0. The smallest absolute Gasteiger partial charge is 0.305 e. The number of methoxy groups -OCH3 is 2. The topological polar surface area (TPSA) is 88.1 Å². The lowest BCUT2D eigenvalue weighted by atomic mass is 9.90. The number of carbonyl (C=O) groups excluding carboxylic acids is 1. The van der Waals surface area contributed by atoms with Gasteiger partial charge in [0.25, 0.3) is 0 Å². The fourth-order valence-electron chi connectivity index (χ4n) is 3.78. The minimum absolute atomic E-state index is 0.0970. The van der Waals surface area contributed by atoms with E-state index in [1.165, 1.54) is 0 Å². The third-order valence-corrected chi connectivity index (χ3v) is 5.13.